The number of hydrogen-bond acceptors (Lipinski definition) is 4. The van der Waals surface area contributed by atoms with E-state index in [1.54, 1.807) is 23.1 Å². The van der Waals surface area contributed by atoms with Gasteiger partial charge in [0.05, 0.1) is 20.3 Å². The maximum Gasteiger partial charge on any atom is 0.254 e. The minimum atomic E-state index is -0.0597. The number of benzene rings is 1. The fourth-order valence-electron chi connectivity index (χ4n) is 1.99. The van der Waals surface area contributed by atoms with Crippen LogP contribution >= 0.6 is 12.4 Å². The molecule has 8 heteroatoms. The van der Waals surface area contributed by atoms with E-state index in [9.17, 15) is 4.79 Å². The van der Waals surface area contributed by atoms with Crippen LogP contribution in [0.25, 0.3) is 0 Å². The maximum absolute atomic E-state index is 12.3. The molecule has 0 spiro atoms. The highest BCUT2D eigenvalue weighted by Crippen LogP contribution is 2.28. The smallest absolute Gasteiger partial charge is 0.254 e. The third-order valence-corrected chi connectivity index (χ3v) is 2.97. The second kappa shape index (κ2) is 7.70. The standard InChI is InChI=1S/C13H18N4O3.ClH/c1-19-11-8-9(2-3-10(11)16-13(14)15)12(18)17-4-6-20-7-5-17;/h2-3,8H,4-7H2,1H3,(H4,14,15,16);1H. The summed E-state index contributed by atoms with van der Waals surface area (Å²) < 4.78 is 10.4. The Labute approximate surface area is 129 Å². The second-order valence-corrected chi connectivity index (χ2v) is 4.33. The summed E-state index contributed by atoms with van der Waals surface area (Å²) in [5.74, 6) is 0.343. The van der Waals surface area contributed by atoms with Crippen molar-refractivity contribution in [1.29, 1.82) is 0 Å². The van der Waals surface area contributed by atoms with E-state index in [0.29, 0.717) is 43.3 Å². The van der Waals surface area contributed by atoms with Gasteiger partial charge in [0.1, 0.15) is 11.4 Å². The average Bonchev–Trinajstić information content (AvgIpc) is 2.47. The summed E-state index contributed by atoms with van der Waals surface area (Å²) in [6, 6.07) is 4.98. The van der Waals surface area contributed by atoms with Crippen molar-refractivity contribution >= 4 is 30.0 Å². The summed E-state index contributed by atoms with van der Waals surface area (Å²) in [5, 5.41) is 0. The van der Waals surface area contributed by atoms with E-state index in [-0.39, 0.29) is 24.3 Å². The summed E-state index contributed by atoms with van der Waals surface area (Å²) in [4.78, 5) is 18.0. The monoisotopic (exact) mass is 314 g/mol. The van der Waals surface area contributed by atoms with E-state index in [0.717, 1.165) is 0 Å². The van der Waals surface area contributed by atoms with Gasteiger partial charge in [0.2, 0.25) is 0 Å². The zero-order valence-electron chi connectivity index (χ0n) is 11.7. The number of guanidine groups is 1. The number of ether oxygens (including phenoxy) is 2. The van der Waals surface area contributed by atoms with E-state index in [1.165, 1.54) is 7.11 Å². The third kappa shape index (κ3) is 4.24. The summed E-state index contributed by atoms with van der Waals surface area (Å²) >= 11 is 0. The van der Waals surface area contributed by atoms with Gasteiger partial charge in [0, 0.05) is 18.7 Å². The molecule has 21 heavy (non-hydrogen) atoms. The largest absolute Gasteiger partial charge is 0.494 e. The molecule has 0 aromatic heterocycles. The van der Waals surface area contributed by atoms with Gasteiger partial charge in [-0.25, -0.2) is 4.99 Å². The van der Waals surface area contributed by atoms with Crippen molar-refractivity contribution < 1.29 is 14.3 Å². The molecule has 1 aliphatic rings. The highest BCUT2D eigenvalue weighted by molar-refractivity contribution is 5.95. The Kier molecular flexibility index (Phi) is 6.26. The van der Waals surface area contributed by atoms with E-state index in [1.807, 2.05) is 0 Å². The number of carbonyl (C=O) groups is 1. The van der Waals surface area contributed by atoms with Gasteiger partial charge < -0.3 is 25.8 Å². The number of nitrogens with two attached hydrogens (primary N) is 2. The molecular formula is C13H19ClN4O3. The van der Waals surface area contributed by atoms with Gasteiger partial charge in [-0.15, -0.1) is 12.4 Å². The lowest BCUT2D eigenvalue weighted by Crippen LogP contribution is -2.40. The quantitative estimate of drug-likeness (QED) is 0.624. The van der Waals surface area contributed by atoms with Crippen molar-refractivity contribution in [2.45, 2.75) is 0 Å². The topological polar surface area (TPSA) is 103 Å². The van der Waals surface area contributed by atoms with Gasteiger partial charge in [-0.3, -0.25) is 4.79 Å². The average molecular weight is 315 g/mol. The van der Waals surface area contributed by atoms with Crippen molar-refractivity contribution in [3.63, 3.8) is 0 Å². The zero-order valence-corrected chi connectivity index (χ0v) is 12.6. The first kappa shape index (κ1) is 17.1. The van der Waals surface area contributed by atoms with Crippen LogP contribution in [-0.2, 0) is 4.74 Å². The molecule has 1 aliphatic heterocycles. The Morgan fingerprint density at radius 3 is 2.57 bits per heavy atom. The lowest BCUT2D eigenvalue weighted by Gasteiger charge is -2.27. The Balaban J connectivity index is 0.00000220. The molecule has 0 radical (unpaired) electrons. The van der Waals surface area contributed by atoms with Gasteiger partial charge in [-0.2, -0.15) is 0 Å². The lowest BCUT2D eigenvalue weighted by molar-refractivity contribution is 0.0302. The van der Waals surface area contributed by atoms with E-state index in [4.69, 9.17) is 20.9 Å². The second-order valence-electron chi connectivity index (χ2n) is 4.33. The molecule has 7 nitrogen and oxygen atoms in total. The van der Waals surface area contributed by atoms with Crippen LogP contribution in [0.15, 0.2) is 23.2 Å². The van der Waals surface area contributed by atoms with E-state index < -0.39 is 0 Å². The molecule has 1 fully saturated rings. The molecule has 0 bridgehead atoms. The number of hydrogen-bond donors (Lipinski definition) is 2. The number of nitrogens with zero attached hydrogens (tertiary/aromatic N) is 2. The number of rotatable bonds is 3. The molecule has 0 atom stereocenters. The van der Waals surface area contributed by atoms with Crippen molar-refractivity contribution in [1.82, 2.24) is 4.90 Å². The molecule has 1 aromatic rings. The molecule has 1 saturated heterocycles. The molecule has 0 aliphatic carbocycles. The first-order valence-electron chi connectivity index (χ1n) is 6.26. The number of morpholine rings is 1. The minimum absolute atomic E-state index is 0. The van der Waals surface area contributed by atoms with Crippen molar-refractivity contribution in [3.05, 3.63) is 23.8 Å². The predicted octanol–water partition coefficient (Wildman–Crippen LogP) is 0.494. The molecule has 1 aromatic carbocycles. The lowest BCUT2D eigenvalue weighted by atomic mass is 10.1. The number of amides is 1. The van der Waals surface area contributed by atoms with Crippen LogP contribution in [0.5, 0.6) is 5.75 Å². The van der Waals surface area contributed by atoms with Gasteiger partial charge in [-0.1, -0.05) is 0 Å². The van der Waals surface area contributed by atoms with Crippen molar-refractivity contribution in [3.8, 4) is 5.75 Å². The number of halogens is 1. The van der Waals surface area contributed by atoms with Crippen LogP contribution in [0.3, 0.4) is 0 Å². The Bertz CT molecular complexity index is 526. The van der Waals surface area contributed by atoms with Crippen molar-refractivity contribution in [2.24, 2.45) is 16.5 Å². The fraction of sp³-hybridized carbons (Fsp3) is 0.385. The normalized spacial score (nSPS) is 14.0. The molecule has 0 unspecified atom stereocenters. The van der Waals surface area contributed by atoms with Crippen LogP contribution in [0.4, 0.5) is 5.69 Å². The highest BCUT2D eigenvalue weighted by Gasteiger charge is 2.19. The van der Waals surface area contributed by atoms with Crippen LogP contribution in [0, 0.1) is 0 Å². The Morgan fingerprint density at radius 1 is 1.33 bits per heavy atom. The molecule has 1 amide bonds. The minimum Gasteiger partial charge on any atom is -0.494 e. The van der Waals surface area contributed by atoms with Crippen molar-refractivity contribution in [2.75, 3.05) is 33.4 Å². The van der Waals surface area contributed by atoms with E-state index in [2.05, 4.69) is 4.99 Å². The molecule has 4 N–H and O–H groups in total. The van der Waals surface area contributed by atoms with Gasteiger partial charge in [0.25, 0.3) is 5.91 Å². The number of aliphatic imine (C=N–C) groups is 1. The first-order valence-corrected chi connectivity index (χ1v) is 6.26. The molecule has 0 saturated carbocycles. The Hall–Kier alpha value is -1.99. The van der Waals surface area contributed by atoms with Crippen LogP contribution in [0.2, 0.25) is 0 Å². The fourth-order valence-corrected chi connectivity index (χ4v) is 1.99. The summed E-state index contributed by atoms with van der Waals surface area (Å²) in [6.07, 6.45) is 0. The van der Waals surface area contributed by atoms with E-state index >= 15 is 0 Å². The van der Waals surface area contributed by atoms with Crippen LogP contribution in [0.1, 0.15) is 10.4 Å². The molecule has 1 heterocycles. The molecule has 2 rings (SSSR count). The van der Waals surface area contributed by atoms with Crippen LogP contribution in [-0.4, -0.2) is 50.2 Å². The molecule has 116 valence electrons. The van der Waals surface area contributed by atoms with Gasteiger partial charge in [-0.05, 0) is 18.2 Å². The van der Waals surface area contributed by atoms with Gasteiger partial charge >= 0.3 is 0 Å². The number of carbonyl (C=O) groups excluding carboxylic acids is 1. The summed E-state index contributed by atoms with van der Waals surface area (Å²) in [6.45, 7) is 2.32. The summed E-state index contributed by atoms with van der Waals surface area (Å²) in [7, 11) is 1.50. The third-order valence-electron chi connectivity index (χ3n) is 2.97. The predicted molar refractivity (Wildman–Crippen MR) is 82.4 cm³/mol. The molecular weight excluding hydrogens is 296 g/mol. The first-order chi connectivity index (χ1) is 9.61. The van der Waals surface area contributed by atoms with Crippen LogP contribution < -0.4 is 16.2 Å². The summed E-state index contributed by atoms with van der Waals surface area (Å²) in [5.41, 5.74) is 11.7. The number of methoxy groups -OCH3 is 1. The highest BCUT2D eigenvalue weighted by atomic mass is 35.5. The SMILES string of the molecule is COc1cc(C(=O)N2CCOCC2)ccc1N=C(N)N.Cl. The zero-order chi connectivity index (χ0) is 14.5. The maximum atomic E-state index is 12.3. The Morgan fingerprint density at radius 2 is 2.00 bits per heavy atom. The van der Waals surface area contributed by atoms with Gasteiger partial charge in [0.15, 0.2) is 5.96 Å².